The molecule has 1 N–H and O–H groups in total. The van der Waals surface area contributed by atoms with Crippen molar-refractivity contribution in [2.45, 2.75) is 26.7 Å². The summed E-state index contributed by atoms with van der Waals surface area (Å²) >= 11 is 11.6. The summed E-state index contributed by atoms with van der Waals surface area (Å²) in [5, 5.41) is 4.80. The molecule has 1 aliphatic rings. The first-order valence-electron chi connectivity index (χ1n) is 5.90. The van der Waals surface area contributed by atoms with E-state index in [0.29, 0.717) is 0 Å². The van der Waals surface area contributed by atoms with Gasteiger partial charge in [0.2, 0.25) is 0 Å². The van der Waals surface area contributed by atoms with Gasteiger partial charge in [0.1, 0.15) is 0 Å². The van der Waals surface area contributed by atoms with E-state index in [-0.39, 0.29) is 0 Å². The van der Waals surface area contributed by atoms with Gasteiger partial charge in [-0.05, 0) is 56.1 Å². The number of thiocarbonyl (C=S) groups is 1. The number of rotatable bonds is 1. The molecule has 0 unspecified atom stereocenters. The van der Waals surface area contributed by atoms with Gasteiger partial charge in [-0.25, -0.2) is 0 Å². The van der Waals surface area contributed by atoms with Crippen molar-refractivity contribution < 1.29 is 0 Å². The van der Waals surface area contributed by atoms with E-state index >= 15 is 0 Å². The molecule has 4 heteroatoms. The van der Waals surface area contributed by atoms with Crippen molar-refractivity contribution in [1.29, 1.82) is 0 Å². The lowest BCUT2D eigenvalue weighted by Gasteiger charge is -2.21. The summed E-state index contributed by atoms with van der Waals surface area (Å²) in [4.78, 5) is 2.20. The second-order valence-electron chi connectivity index (χ2n) is 4.56. The normalized spacial score (nSPS) is 15.1. The van der Waals surface area contributed by atoms with Crippen molar-refractivity contribution in [1.82, 2.24) is 4.90 Å². The molecule has 2 nitrogen and oxygen atoms in total. The van der Waals surface area contributed by atoms with Crippen LogP contribution in [-0.4, -0.2) is 23.1 Å². The van der Waals surface area contributed by atoms with Gasteiger partial charge in [0.05, 0.1) is 10.7 Å². The third-order valence-electron chi connectivity index (χ3n) is 3.06. The summed E-state index contributed by atoms with van der Waals surface area (Å²) in [6.45, 7) is 6.19. The van der Waals surface area contributed by atoms with E-state index in [4.69, 9.17) is 23.8 Å². The number of halogens is 1. The number of hydrogen-bond acceptors (Lipinski definition) is 1. The number of anilines is 1. The van der Waals surface area contributed by atoms with Crippen molar-refractivity contribution in [2.24, 2.45) is 0 Å². The summed E-state index contributed by atoms with van der Waals surface area (Å²) in [5.74, 6) is 0. The Morgan fingerprint density at radius 3 is 2.53 bits per heavy atom. The maximum Gasteiger partial charge on any atom is 0.173 e. The second-order valence-corrected chi connectivity index (χ2v) is 5.36. The molecule has 92 valence electrons. The fraction of sp³-hybridized carbons (Fsp3) is 0.462. The van der Waals surface area contributed by atoms with Crippen LogP contribution in [0, 0.1) is 13.8 Å². The molecule has 1 fully saturated rings. The van der Waals surface area contributed by atoms with E-state index in [9.17, 15) is 0 Å². The van der Waals surface area contributed by atoms with E-state index in [1.54, 1.807) is 0 Å². The number of likely N-dealkylation sites (tertiary alicyclic amines) is 1. The van der Waals surface area contributed by atoms with E-state index in [1.165, 1.54) is 18.4 Å². The Bertz CT molecular complexity index is 416. The minimum Gasteiger partial charge on any atom is -0.349 e. The molecule has 0 radical (unpaired) electrons. The third-order valence-corrected chi connectivity index (χ3v) is 3.72. The Labute approximate surface area is 113 Å². The average molecular weight is 269 g/mol. The summed E-state index contributed by atoms with van der Waals surface area (Å²) in [7, 11) is 0. The standard InChI is InChI=1S/C13H17ClN2S/c1-9-7-10(2)12(11(14)8-9)15-13(17)16-5-3-4-6-16/h7-8H,3-6H2,1-2H3,(H,15,17). The number of nitrogens with zero attached hydrogens (tertiary/aromatic N) is 1. The quantitative estimate of drug-likeness (QED) is 0.781. The Morgan fingerprint density at radius 2 is 1.94 bits per heavy atom. The van der Waals surface area contributed by atoms with Crippen LogP contribution in [0.15, 0.2) is 12.1 Å². The molecule has 0 atom stereocenters. The third kappa shape index (κ3) is 2.90. The van der Waals surface area contributed by atoms with E-state index < -0.39 is 0 Å². The number of nitrogens with one attached hydrogen (secondary N) is 1. The van der Waals surface area contributed by atoms with Crippen LogP contribution in [0.4, 0.5) is 5.69 Å². The van der Waals surface area contributed by atoms with Gasteiger partial charge in [-0.2, -0.15) is 0 Å². The van der Waals surface area contributed by atoms with Crippen LogP contribution in [0.2, 0.25) is 5.02 Å². The minimum absolute atomic E-state index is 0.740. The van der Waals surface area contributed by atoms with Gasteiger partial charge < -0.3 is 10.2 Å². The van der Waals surface area contributed by atoms with Crippen molar-refractivity contribution in [3.8, 4) is 0 Å². The molecular weight excluding hydrogens is 252 g/mol. The van der Waals surface area contributed by atoms with Crippen molar-refractivity contribution in [2.75, 3.05) is 18.4 Å². The molecule has 1 heterocycles. The Balaban J connectivity index is 2.15. The van der Waals surface area contributed by atoms with Crippen molar-refractivity contribution in [3.63, 3.8) is 0 Å². The monoisotopic (exact) mass is 268 g/mol. The molecule has 1 aromatic rings. The van der Waals surface area contributed by atoms with Crippen LogP contribution >= 0.6 is 23.8 Å². The highest BCUT2D eigenvalue weighted by Gasteiger charge is 2.16. The van der Waals surface area contributed by atoms with Crippen molar-refractivity contribution in [3.05, 3.63) is 28.3 Å². The Kier molecular flexibility index (Phi) is 3.89. The largest absolute Gasteiger partial charge is 0.349 e. The molecule has 1 aliphatic heterocycles. The minimum atomic E-state index is 0.740. The lowest BCUT2D eigenvalue weighted by Crippen LogP contribution is -2.32. The molecule has 17 heavy (non-hydrogen) atoms. The van der Waals surface area contributed by atoms with E-state index in [2.05, 4.69) is 16.3 Å². The highest BCUT2D eigenvalue weighted by Crippen LogP contribution is 2.27. The second kappa shape index (κ2) is 5.23. The summed E-state index contributed by atoms with van der Waals surface area (Å²) in [6, 6.07) is 4.07. The molecule has 0 spiro atoms. The van der Waals surface area contributed by atoms with Gasteiger partial charge in [-0.3, -0.25) is 0 Å². The van der Waals surface area contributed by atoms with Crippen LogP contribution in [0.3, 0.4) is 0 Å². The van der Waals surface area contributed by atoms with Gasteiger partial charge in [0.15, 0.2) is 5.11 Å². The zero-order valence-corrected chi connectivity index (χ0v) is 11.8. The average Bonchev–Trinajstić information content (AvgIpc) is 2.76. The molecule has 0 bridgehead atoms. The molecule has 0 amide bonds. The van der Waals surface area contributed by atoms with Gasteiger partial charge in [-0.1, -0.05) is 17.7 Å². The lowest BCUT2D eigenvalue weighted by atomic mass is 10.1. The van der Waals surface area contributed by atoms with Gasteiger partial charge in [0.25, 0.3) is 0 Å². The van der Waals surface area contributed by atoms with Gasteiger partial charge in [0, 0.05) is 13.1 Å². The molecule has 1 aromatic carbocycles. The van der Waals surface area contributed by atoms with E-state index in [1.807, 2.05) is 19.9 Å². The zero-order chi connectivity index (χ0) is 12.4. The maximum absolute atomic E-state index is 6.24. The summed E-state index contributed by atoms with van der Waals surface area (Å²) in [6.07, 6.45) is 2.45. The fourth-order valence-corrected chi connectivity index (χ4v) is 2.83. The number of hydrogen-bond donors (Lipinski definition) is 1. The Morgan fingerprint density at radius 1 is 1.29 bits per heavy atom. The SMILES string of the molecule is Cc1cc(C)c(NC(=S)N2CCCC2)c(Cl)c1. The first-order chi connectivity index (χ1) is 8.08. The van der Waals surface area contributed by atoms with Crippen LogP contribution in [0.5, 0.6) is 0 Å². The van der Waals surface area contributed by atoms with E-state index in [0.717, 1.165) is 34.5 Å². The number of benzene rings is 1. The van der Waals surface area contributed by atoms with Gasteiger partial charge in [-0.15, -0.1) is 0 Å². The summed E-state index contributed by atoms with van der Waals surface area (Å²) < 4.78 is 0. The predicted molar refractivity (Wildman–Crippen MR) is 78.0 cm³/mol. The smallest absolute Gasteiger partial charge is 0.173 e. The first-order valence-corrected chi connectivity index (χ1v) is 6.69. The molecule has 0 saturated carbocycles. The molecular formula is C13H17ClN2S. The topological polar surface area (TPSA) is 15.3 Å². The van der Waals surface area contributed by atoms with Crippen molar-refractivity contribution >= 4 is 34.6 Å². The first kappa shape index (κ1) is 12.7. The highest BCUT2D eigenvalue weighted by atomic mass is 35.5. The van der Waals surface area contributed by atoms with Crippen LogP contribution < -0.4 is 5.32 Å². The van der Waals surface area contributed by atoms with Crippen LogP contribution in [0.1, 0.15) is 24.0 Å². The van der Waals surface area contributed by atoms with Gasteiger partial charge >= 0.3 is 0 Å². The predicted octanol–water partition coefficient (Wildman–Crippen LogP) is 3.75. The van der Waals surface area contributed by atoms with Crippen LogP contribution in [0.25, 0.3) is 0 Å². The summed E-state index contributed by atoms with van der Waals surface area (Å²) in [5.41, 5.74) is 3.25. The molecule has 1 saturated heterocycles. The lowest BCUT2D eigenvalue weighted by molar-refractivity contribution is 0.528. The fourth-order valence-electron chi connectivity index (χ4n) is 2.18. The zero-order valence-electron chi connectivity index (χ0n) is 10.2. The number of aryl methyl sites for hydroxylation is 2. The Hall–Kier alpha value is -0.800. The maximum atomic E-state index is 6.24. The molecule has 0 aliphatic carbocycles. The highest BCUT2D eigenvalue weighted by molar-refractivity contribution is 7.80. The molecule has 2 rings (SSSR count). The van der Waals surface area contributed by atoms with Crippen LogP contribution in [-0.2, 0) is 0 Å². The molecule has 0 aromatic heterocycles.